The van der Waals surface area contributed by atoms with Crippen LogP contribution in [0.2, 0.25) is 0 Å². The van der Waals surface area contributed by atoms with E-state index >= 15 is 0 Å². The van der Waals surface area contributed by atoms with Crippen molar-refractivity contribution in [3.8, 4) is 0 Å². The number of hydrogen-bond acceptors (Lipinski definition) is 2. The van der Waals surface area contributed by atoms with E-state index in [9.17, 15) is 0 Å². The van der Waals surface area contributed by atoms with Crippen LogP contribution in [0.4, 0.5) is 0 Å². The molecule has 1 radical (unpaired) electrons. The molecule has 0 spiro atoms. The molecule has 0 aromatic carbocycles. The first-order valence-corrected chi connectivity index (χ1v) is 4.92. The molecule has 0 saturated carbocycles. The normalized spacial score (nSPS) is 19.8. The summed E-state index contributed by atoms with van der Waals surface area (Å²) in [5.41, 5.74) is 0. The maximum Gasteiger partial charge on any atom is 0.0619 e. The highest BCUT2D eigenvalue weighted by molar-refractivity contribution is 4.62. The third-order valence-corrected chi connectivity index (χ3v) is 2.17. The molecule has 1 rings (SSSR count). The summed E-state index contributed by atoms with van der Waals surface area (Å²) in [6, 6.07) is 0. The van der Waals surface area contributed by atoms with Gasteiger partial charge in [0.2, 0.25) is 0 Å². The molecule has 0 amide bonds. The van der Waals surface area contributed by atoms with E-state index in [0.29, 0.717) is 6.10 Å². The highest BCUT2D eigenvalue weighted by Gasteiger charge is 2.12. The van der Waals surface area contributed by atoms with Gasteiger partial charge >= 0.3 is 0 Å². The van der Waals surface area contributed by atoms with Gasteiger partial charge in [-0.3, -0.25) is 0 Å². The number of unbranched alkanes of at least 4 members (excludes halogenated alkanes) is 2. The van der Waals surface area contributed by atoms with Crippen LogP contribution >= 0.6 is 0 Å². The van der Waals surface area contributed by atoms with Crippen molar-refractivity contribution in [2.45, 2.75) is 38.2 Å². The lowest BCUT2D eigenvalue weighted by atomic mass is 10.1. The molecular formula is C10H19O2. The van der Waals surface area contributed by atoms with E-state index in [1.807, 2.05) is 0 Å². The van der Waals surface area contributed by atoms with Gasteiger partial charge in [-0.05, 0) is 19.3 Å². The molecule has 1 saturated heterocycles. The van der Waals surface area contributed by atoms with Gasteiger partial charge in [0.1, 0.15) is 0 Å². The molecule has 71 valence electrons. The standard InChI is InChI=1S/C10H19O2/c1-2-3-4-7-12-10-5-8-11-9-6-10/h10H,1-9H2. The zero-order valence-corrected chi connectivity index (χ0v) is 7.76. The molecule has 0 bridgehead atoms. The van der Waals surface area contributed by atoms with Gasteiger partial charge in [-0.1, -0.05) is 19.8 Å². The first-order chi connectivity index (χ1) is 5.93. The van der Waals surface area contributed by atoms with Gasteiger partial charge in [-0.25, -0.2) is 0 Å². The van der Waals surface area contributed by atoms with E-state index in [1.54, 1.807) is 0 Å². The van der Waals surface area contributed by atoms with Crippen LogP contribution in [0.5, 0.6) is 0 Å². The van der Waals surface area contributed by atoms with Gasteiger partial charge < -0.3 is 9.47 Å². The van der Waals surface area contributed by atoms with Gasteiger partial charge in [0.05, 0.1) is 6.10 Å². The van der Waals surface area contributed by atoms with E-state index in [-0.39, 0.29) is 0 Å². The molecule has 0 N–H and O–H groups in total. The minimum Gasteiger partial charge on any atom is -0.381 e. The van der Waals surface area contributed by atoms with Crippen molar-refractivity contribution >= 4 is 0 Å². The third-order valence-electron chi connectivity index (χ3n) is 2.17. The average molecular weight is 171 g/mol. The summed E-state index contributed by atoms with van der Waals surface area (Å²) in [5, 5.41) is 0. The minimum atomic E-state index is 0.462. The topological polar surface area (TPSA) is 18.5 Å². The molecule has 0 aromatic heterocycles. The van der Waals surface area contributed by atoms with Crippen molar-refractivity contribution in [2.75, 3.05) is 19.8 Å². The highest BCUT2D eigenvalue weighted by atomic mass is 16.5. The molecule has 0 aromatic rings. The zero-order valence-electron chi connectivity index (χ0n) is 7.76. The number of hydrogen-bond donors (Lipinski definition) is 0. The van der Waals surface area contributed by atoms with Gasteiger partial charge in [0, 0.05) is 19.8 Å². The Balaban J connectivity index is 1.91. The first kappa shape index (κ1) is 10.0. The van der Waals surface area contributed by atoms with Crippen molar-refractivity contribution < 1.29 is 9.47 Å². The van der Waals surface area contributed by atoms with E-state index in [1.165, 1.54) is 6.42 Å². The molecule has 0 unspecified atom stereocenters. The summed E-state index contributed by atoms with van der Waals surface area (Å²) >= 11 is 0. The van der Waals surface area contributed by atoms with Gasteiger partial charge in [-0.2, -0.15) is 0 Å². The van der Waals surface area contributed by atoms with Crippen molar-refractivity contribution in [3.05, 3.63) is 6.92 Å². The van der Waals surface area contributed by atoms with Crippen LogP contribution in [0.1, 0.15) is 32.1 Å². The molecule has 12 heavy (non-hydrogen) atoms. The van der Waals surface area contributed by atoms with Crippen molar-refractivity contribution in [1.29, 1.82) is 0 Å². The van der Waals surface area contributed by atoms with Gasteiger partial charge in [0.15, 0.2) is 0 Å². The predicted octanol–water partition coefficient (Wildman–Crippen LogP) is 2.19. The van der Waals surface area contributed by atoms with E-state index in [0.717, 1.165) is 45.5 Å². The lowest BCUT2D eigenvalue weighted by Gasteiger charge is -2.22. The summed E-state index contributed by atoms with van der Waals surface area (Å²) in [7, 11) is 0. The maximum atomic E-state index is 5.68. The Labute approximate surface area is 75.2 Å². The lowest BCUT2D eigenvalue weighted by molar-refractivity contribution is -0.0325. The SMILES string of the molecule is [CH2]CCCCOC1CCOCC1. The zero-order chi connectivity index (χ0) is 8.65. The fourth-order valence-corrected chi connectivity index (χ4v) is 1.37. The molecule has 2 nitrogen and oxygen atoms in total. The Morgan fingerprint density at radius 1 is 1.25 bits per heavy atom. The summed E-state index contributed by atoms with van der Waals surface area (Å²) in [6.45, 7) is 6.45. The van der Waals surface area contributed by atoms with Crippen LogP contribution in [0, 0.1) is 6.92 Å². The fourth-order valence-electron chi connectivity index (χ4n) is 1.37. The fraction of sp³-hybridized carbons (Fsp3) is 0.900. The Morgan fingerprint density at radius 2 is 2.00 bits per heavy atom. The second-order valence-corrected chi connectivity index (χ2v) is 3.24. The Bertz CT molecular complexity index is 98.0. The van der Waals surface area contributed by atoms with Crippen LogP contribution in [0.3, 0.4) is 0 Å². The van der Waals surface area contributed by atoms with Crippen LogP contribution in [-0.2, 0) is 9.47 Å². The van der Waals surface area contributed by atoms with Crippen LogP contribution in [-0.4, -0.2) is 25.9 Å². The van der Waals surface area contributed by atoms with Crippen molar-refractivity contribution in [2.24, 2.45) is 0 Å². The first-order valence-electron chi connectivity index (χ1n) is 4.92. The quantitative estimate of drug-likeness (QED) is 0.590. The highest BCUT2D eigenvalue weighted by Crippen LogP contribution is 2.11. The third kappa shape index (κ3) is 4.07. The summed E-state index contributed by atoms with van der Waals surface area (Å²) in [5.74, 6) is 0. The number of ether oxygens (including phenoxy) is 2. The smallest absolute Gasteiger partial charge is 0.0619 e. The summed E-state index contributed by atoms with van der Waals surface area (Å²) in [4.78, 5) is 0. The molecule has 0 atom stereocenters. The van der Waals surface area contributed by atoms with E-state index < -0.39 is 0 Å². The molecule has 2 heteroatoms. The predicted molar refractivity (Wildman–Crippen MR) is 49.0 cm³/mol. The van der Waals surface area contributed by atoms with Crippen molar-refractivity contribution in [3.63, 3.8) is 0 Å². The molecule has 1 aliphatic heterocycles. The average Bonchev–Trinajstić information content (AvgIpc) is 2.14. The van der Waals surface area contributed by atoms with Crippen LogP contribution < -0.4 is 0 Å². The minimum absolute atomic E-state index is 0.462. The Kier molecular flexibility index (Phi) is 5.37. The Hall–Kier alpha value is -0.0800. The molecule has 1 fully saturated rings. The van der Waals surface area contributed by atoms with Crippen LogP contribution in [0.15, 0.2) is 0 Å². The van der Waals surface area contributed by atoms with Gasteiger partial charge in [0.25, 0.3) is 0 Å². The number of rotatable bonds is 5. The van der Waals surface area contributed by atoms with Crippen molar-refractivity contribution in [1.82, 2.24) is 0 Å². The molecule has 1 aliphatic rings. The summed E-state index contributed by atoms with van der Waals surface area (Å²) in [6.07, 6.45) is 5.97. The van der Waals surface area contributed by atoms with E-state index in [4.69, 9.17) is 9.47 Å². The molecule has 1 heterocycles. The second-order valence-electron chi connectivity index (χ2n) is 3.24. The van der Waals surface area contributed by atoms with E-state index in [2.05, 4.69) is 6.92 Å². The second kappa shape index (κ2) is 6.44. The molecular weight excluding hydrogens is 152 g/mol. The van der Waals surface area contributed by atoms with Gasteiger partial charge in [-0.15, -0.1) is 0 Å². The molecule has 0 aliphatic carbocycles. The Morgan fingerprint density at radius 3 is 2.67 bits per heavy atom. The maximum absolute atomic E-state index is 5.68. The lowest BCUT2D eigenvalue weighted by Crippen LogP contribution is -2.23. The summed E-state index contributed by atoms with van der Waals surface area (Å²) < 4.78 is 10.9. The van der Waals surface area contributed by atoms with Crippen LogP contribution in [0.25, 0.3) is 0 Å². The monoisotopic (exact) mass is 171 g/mol. The largest absolute Gasteiger partial charge is 0.381 e.